The number of aliphatic hydroxyl groups is 3. The number of piperidine rings is 3. The van der Waals surface area contributed by atoms with Crippen LogP contribution in [0.4, 0.5) is 0 Å². The molecule has 21 rings (SSSR count). The number of rotatable bonds is 14. The van der Waals surface area contributed by atoms with Crippen LogP contribution < -0.4 is 19.5 Å². The maximum Gasteiger partial charge on any atom is 0.174 e. The van der Waals surface area contributed by atoms with Crippen LogP contribution in [0.15, 0.2) is 139 Å². The second kappa shape index (κ2) is 24.3. The summed E-state index contributed by atoms with van der Waals surface area (Å²) in [5.41, 5.74) is 7.54. The Morgan fingerprint density at radius 1 is 0.490 bits per heavy atom. The van der Waals surface area contributed by atoms with Crippen LogP contribution in [0, 0.1) is 17.8 Å². The number of phenolic OH excluding ortho intramolecular Hbond substituents is 3. The minimum Gasteiger partial charge on any atom is -0.504 e. The predicted molar refractivity (Wildman–Crippen MR) is 382 cm³/mol. The van der Waals surface area contributed by atoms with Crippen molar-refractivity contribution >= 4 is 5.78 Å². The first-order chi connectivity index (χ1) is 48.5. The Morgan fingerprint density at radius 3 is 1.42 bits per heavy atom. The van der Waals surface area contributed by atoms with Gasteiger partial charge in [-0.25, -0.2) is 0 Å². The van der Waals surface area contributed by atoms with E-state index in [1.54, 1.807) is 18.2 Å². The van der Waals surface area contributed by atoms with Crippen molar-refractivity contribution in [3.63, 3.8) is 0 Å². The van der Waals surface area contributed by atoms with E-state index in [-0.39, 0.29) is 59.4 Å². The fourth-order valence-electron chi connectivity index (χ4n) is 22.4. The summed E-state index contributed by atoms with van der Waals surface area (Å²) in [5.74, 6) is 4.66. The third-order valence-electron chi connectivity index (χ3n) is 27.5. The van der Waals surface area contributed by atoms with Crippen LogP contribution in [0.3, 0.4) is 0 Å². The van der Waals surface area contributed by atoms with Gasteiger partial charge in [0.2, 0.25) is 0 Å². The van der Waals surface area contributed by atoms with Gasteiger partial charge in [0, 0.05) is 93.6 Å². The van der Waals surface area contributed by atoms with E-state index in [1.807, 2.05) is 37.4 Å². The number of carbonyl (C=O) groups is 1. The zero-order valence-corrected chi connectivity index (χ0v) is 58.4. The Kier molecular flexibility index (Phi) is 15.8. The lowest BCUT2D eigenvalue weighted by atomic mass is 9.48. The van der Waals surface area contributed by atoms with Crippen LogP contribution in [-0.2, 0) is 59.9 Å². The van der Waals surface area contributed by atoms with Gasteiger partial charge in [-0.05, 0) is 206 Å². The molecule has 8 fully saturated rings. The van der Waals surface area contributed by atoms with Crippen LogP contribution >= 0.6 is 0 Å². The van der Waals surface area contributed by atoms with E-state index in [9.17, 15) is 35.4 Å². The number of hydrogen-bond donors (Lipinski definition) is 7. The van der Waals surface area contributed by atoms with Crippen molar-refractivity contribution in [1.82, 2.24) is 29.8 Å². The zero-order valence-electron chi connectivity index (χ0n) is 58.4. The average molecular weight is 1350 g/mol. The predicted octanol–water partition coefficient (Wildman–Crippen LogP) is 9.97. The van der Waals surface area contributed by atoms with Gasteiger partial charge < -0.3 is 55.1 Å². The summed E-state index contributed by atoms with van der Waals surface area (Å²) in [6, 6.07) is 43.3. The van der Waals surface area contributed by atoms with E-state index < -0.39 is 39.2 Å². The molecule has 9 aliphatic carbocycles. The first kappa shape index (κ1) is 65.1. The molecule has 13 atom stereocenters. The molecule has 7 N–H and O–H groups in total. The van der Waals surface area contributed by atoms with E-state index in [0.29, 0.717) is 36.5 Å². The fraction of sp³-hybridized carbons (Fsp3) is 0.536. The summed E-state index contributed by atoms with van der Waals surface area (Å²) < 4.78 is 19.4. The maximum atomic E-state index is 12.7. The highest BCUT2D eigenvalue weighted by Gasteiger charge is 2.76. The van der Waals surface area contributed by atoms with Gasteiger partial charge in [-0.1, -0.05) is 115 Å². The molecule has 3 unspecified atom stereocenters. The number of carbonyl (C=O) groups excluding carboxylic acids is 1. The second-order valence-electron chi connectivity index (χ2n) is 33.0. The monoisotopic (exact) mass is 1350 g/mol. The van der Waals surface area contributed by atoms with E-state index in [4.69, 9.17) is 14.2 Å². The van der Waals surface area contributed by atoms with Crippen molar-refractivity contribution in [3.05, 3.63) is 189 Å². The Hall–Kier alpha value is -6.99. The Labute approximate surface area is 588 Å². The number of hydrogen-bond acceptors (Lipinski definition) is 16. The summed E-state index contributed by atoms with van der Waals surface area (Å²) in [6.07, 6.45) is 17.2. The number of ether oxygens (including phenoxy) is 3. The number of nitrogens with one attached hydrogen (secondary N) is 1. The molecule has 16 nitrogen and oxygen atoms in total. The van der Waals surface area contributed by atoms with Crippen LogP contribution in [0.5, 0.6) is 34.5 Å². The third kappa shape index (κ3) is 9.89. The van der Waals surface area contributed by atoms with Gasteiger partial charge >= 0.3 is 0 Å². The summed E-state index contributed by atoms with van der Waals surface area (Å²) in [7, 11) is 6.26. The molecule has 15 aliphatic rings. The molecule has 0 radical (unpaired) electrons. The zero-order chi connectivity index (χ0) is 68.2. The molecule has 526 valence electrons. The quantitative estimate of drug-likeness (QED) is 0.0544. The fourth-order valence-corrected chi connectivity index (χ4v) is 22.4. The molecular weight excluding hydrogens is 1250 g/mol. The molecule has 0 aromatic heterocycles. The van der Waals surface area contributed by atoms with Crippen molar-refractivity contribution in [2.45, 2.75) is 204 Å². The number of Topliss-reactive ketones (excluding diaryl/α,β-unsaturated/α-hetero) is 1. The number of ketones is 1. The second-order valence-corrected chi connectivity index (χ2v) is 33.0. The molecule has 3 saturated heterocycles. The molecule has 3 spiro atoms. The van der Waals surface area contributed by atoms with Crippen LogP contribution in [0.2, 0.25) is 0 Å². The van der Waals surface area contributed by atoms with Crippen molar-refractivity contribution in [3.8, 4) is 34.5 Å². The first-order valence-corrected chi connectivity index (χ1v) is 37.9. The lowest BCUT2D eigenvalue weighted by Gasteiger charge is -2.64. The number of benzene rings is 6. The van der Waals surface area contributed by atoms with E-state index >= 15 is 0 Å². The Bertz CT molecular complexity index is 4170. The van der Waals surface area contributed by atoms with E-state index in [0.717, 1.165) is 156 Å². The highest BCUT2D eigenvalue weighted by atomic mass is 16.5. The molecule has 6 aliphatic heterocycles. The smallest absolute Gasteiger partial charge is 0.174 e. The maximum absolute atomic E-state index is 12.7. The minimum atomic E-state index is -0.940. The largest absolute Gasteiger partial charge is 0.504 e. The van der Waals surface area contributed by atoms with Gasteiger partial charge in [0.05, 0.1) is 38.7 Å². The number of nitrogens with zero attached hydrogens (tertiary/aromatic N) is 5. The number of likely N-dealkylation sites (N-methyl/N-ethyl adjacent to an activating group) is 2. The molecule has 6 aromatic carbocycles. The highest BCUT2D eigenvalue weighted by Crippen LogP contribution is 2.69. The molecular formula is C84H100N6O10. The van der Waals surface area contributed by atoms with Crippen LogP contribution in [-0.4, -0.2) is 181 Å². The average Bonchev–Trinajstić information content (AvgIpc) is 1.43. The SMILES string of the molecule is CN(Cc1ccccc1)C1=CC[C@]2(O)C3Cc4ccc(O)c5c4[C@]2(CCN3CC2CC2)[C@@H]1O5.CN(Cc1ccccc1)[C@H]1CC[C@]2(O)C3Cc4ccc(O)c5c4[C@]2(CCN3CC2CC2)[C@@H]1O5.CNCc1ccccc1.O=C1CC[C@]2(O)C3Cc4ccc(O)c5c4[C@]2(CCN3CC2CC2)[C@@H]1O5. The van der Waals surface area contributed by atoms with Crippen molar-refractivity contribution in [2.24, 2.45) is 17.8 Å². The normalized spacial score (nSPS) is 34.4. The summed E-state index contributed by atoms with van der Waals surface area (Å²) in [5, 5.41) is 72.1. The molecule has 16 heteroatoms. The lowest BCUT2D eigenvalue weighted by Crippen LogP contribution is -2.78. The Morgan fingerprint density at radius 2 is 0.920 bits per heavy atom. The number of phenols is 3. The molecule has 5 saturated carbocycles. The minimum absolute atomic E-state index is 0.0454. The number of aromatic hydroxyl groups is 3. The van der Waals surface area contributed by atoms with Gasteiger partial charge in [-0.3, -0.25) is 24.4 Å². The standard InChI is InChI=1S/C28H34N2O3.C28H32N2O3.C20H23NO4.C8H11N/c2*1-29(16-18-5-3-2-4-6-18)21-11-12-28(32)23-15-20-9-10-22(31)25-24(20)27(28,26(21)33-25)13-14-30(23)17-19-7-8-19;22-13-4-3-12-9-15-20(24)6-5-14(23)18-19(20,16(12)17(13)25-18)7-8-21(15)10-11-1-2-11;1-9-7-8-5-3-2-4-6-8/h2-6,9-10,19,21,23,26,31-32H,7-8,11-17H2,1H3;2-6,9-11,19,23,26,31-32H,7-8,12-17H2,1H3;3-4,11,15,18,22,24H,1-2,5-10H2;2-6,9H,7H2,1H3/t21-,23?,26+,27+,28-;23?,26-,27-,28+;15?,18-,19-,20+;/m011./s1. The molecule has 6 bridgehead atoms. The summed E-state index contributed by atoms with van der Waals surface area (Å²) >= 11 is 0. The van der Waals surface area contributed by atoms with Crippen molar-refractivity contribution in [1.29, 1.82) is 0 Å². The van der Waals surface area contributed by atoms with Crippen molar-refractivity contribution in [2.75, 3.05) is 60.4 Å². The lowest BCUT2D eigenvalue weighted by molar-refractivity contribution is -0.200. The van der Waals surface area contributed by atoms with Crippen LogP contribution in [0.1, 0.15) is 140 Å². The Balaban J connectivity index is 0.000000102. The topological polar surface area (TPSA) is 194 Å². The van der Waals surface area contributed by atoms with E-state index in [1.165, 1.54) is 66.3 Å². The van der Waals surface area contributed by atoms with Gasteiger partial charge in [0.15, 0.2) is 52.5 Å². The summed E-state index contributed by atoms with van der Waals surface area (Å²) in [6.45, 7) is 8.75. The highest BCUT2D eigenvalue weighted by molar-refractivity contribution is 5.90. The third-order valence-corrected chi connectivity index (χ3v) is 27.5. The van der Waals surface area contributed by atoms with Crippen LogP contribution in [0.25, 0.3) is 0 Å². The number of likely N-dealkylation sites (tertiary alicyclic amines) is 3. The van der Waals surface area contributed by atoms with Gasteiger partial charge in [0.1, 0.15) is 6.10 Å². The molecule has 100 heavy (non-hydrogen) atoms. The summed E-state index contributed by atoms with van der Waals surface area (Å²) in [4.78, 5) is 25.0. The molecule has 6 aromatic rings. The van der Waals surface area contributed by atoms with E-state index in [2.05, 4.69) is 129 Å². The van der Waals surface area contributed by atoms with Gasteiger partial charge in [0.25, 0.3) is 0 Å². The molecule has 6 heterocycles. The molecule has 0 amide bonds. The first-order valence-electron chi connectivity index (χ1n) is 37.9. The van der Waals surface area contributed by atoms with Gasteiger partial charge in [-0.15, -0.1) is 0 Å². The van der Waals surface area contributed by atoms with Crippen molar-refractivity contribution < 1.29 is 49.6 Å². The van der Waals surface area contributed by atoms with Gasteiger partial charge in [-0.2, -0.15) is 0 Å².